The molecule has 0 N–H and O–H groups in total. The van der Waals surface area contributed by atoms with Crippen molar-refractivity contribution >= 4 is 10.0 Å². The Morgan fingerprint density at radius 3 is 2.14 bits per heavy atom. The quantitative estimate of drug-likeness (QED) is 0.669. The second-order valence-electron chi connectivity index (χ2n) is 4.11. The van der Waals surface area contributed by atoms with Crippen LogP contribution >= 0.6 is 0 Å². The van der Waals surface area contributed by atoms with Crippen molar-refractivity contribution in [2.75, 3.05) is 13.1 Å². The van der Waals surface area contributed by atoms with E-state index in [4.69, 9.17) is 5.26 Å². The Bertz CT molecular complexity index is 309. The molecule has 0 aromatic rings. The van der Waals surface area contributed by atoms with E-state index in [1.54, 1.807) is 20.8 Å². The van der Waals surface area contributed by atoms with Gasteiger partial charge in [0.25, 0.3) is 0 Å². The van der Waals surface area contributed by atoms with Gasteiger partial charge in [0.1, 0.15) is 6.54 Å². The van der Waals surface area contributed by atoms with E-state index in [0.29, 0.717) is 6.54 Å². The summed E-state index contributed by atoms with van der Waals surface area (Å²) in [7, 11) is -3.35. The molecule has 0 fully saturated rings. The van der Waals surface area contributed by atoms with Crippen LogP contribution in [0.2, 0.25) is 0 Å². The summed E-state index contributed by atoms with van der Waals surface area (Å²) >= 11 is 0. The van der Waals surface area contributed by atoms with Gasteiger partial charge in [-0.15, -0.1) is 0 Å². The Morgan fingerprint density at radius 2 is 1.86 bits per heavy atom. The molecule has 0 aromatic heterocycles. The number of rotatable bonds is 4. The molecule has 0 aliphatic rings. The van der Waals surface area contributed by atoms with Gasteiger partial charge in [-0.1, -0.05) is 6.92 Å². The van der Waals surface area contributed by atoms with E-state index in [0.717, 1.165) is 6.42 Å². The summed E-state index contributed by atoms with van der Waals surface area (Å²) in [6.07, 6.45) is 0.719. The Morgan fingerprint density at radius 1 is 1.36 bits per heavy atom. The summed E-state index contributed by atoms with van der Waals surface area (Å²) in [4.78, 5) is 0. The number of hydrogen-bond donors (Lipinski definition) is 0. The van der Waals surface area contributed by atoms with Gasteiger partial charge in [0.05, 0.1) is 10.8 Å². The fourth-order valence-electron chi connectivity index (χ4n) is 1.000. The third-order valence-corrected chi connectivity index (χ3v) is 4.37. The minimum Gasteiger partial charge on any atom is -0.212 e. The lowest BCUT2D eigenvalue weighted by atomic mass is 10.3. The SMILES string of the molecule is CCCN(CC#N)S(=O)(=O)C(C)(C)C. The molecule has 0 heterocycles. The number of sulfonamides is 1. The summed E-state index contributed by atoms with van der Waals surface area (Å²) in [6, 6.07) is 1.88. The zero-order valence-electron chi connectivity index (χ0n) is 9.24. The van der Waals surface area contributed by atoms with Gasteiger partial charge in [0.2, 0.25) is 10.0 Å². The molecule has 0 atom stereocenters. The standard InChI is InChI=1S/C9H18N2O2S/c1-5-7-11(8-6-10)14(12,13)9(2,3)4/h5,7-8H2,1-4H3. The van der Waals surface area contributed by atoms with Crippen LogP contribution in [0, 0.1) is 11.3 Å². The molecule has 82 valence electrons. The van der Waals surface area contributed by atoms with Crippen LogP contribution in [-0.2, 0) is 10.0 Å². The monoisotopic (exact) mass is 218 g/mol. The maximum absolute atomic E-state index is 11.9. The summed E-state index contributed by atoms with van der Waals surface area (Å²) in [5, 5.41) is 8.54. The normalized spacial score (nSPS) is 12.9. The van der Waals surface area contributed by atoms with Gasteiger partial charge >= 0.3 is 0 Å². The van der Waals surface area contributed by atoms with Crippen LogP contribution < -0.4 is 0 Å². The van der Waals surface area contributed by atoms with Crippen LogP contribution in [-0.4, -0.2) is 30.6 Å². The van der Waals surface area contributed by atoms with E-state index in [1.165, 1.54) is 4.31 Å². The maximum atomic E-state index is 11.9. The molecule has 0 bridgehead atoms. The number of nitriles is 1. The molecule has 0 saturated carbocycles. The summed E-state index contributed by atoms with van der Waals surface area (Å²) < 4.78 is 24.2. The lowest BCUT2D eigenvalue weighted by Gasteiger charge is -2.27. The zero-order valence-corrected chi connectivity index (χ0v) is 10.1. The third-order valence-electron chi connectivity index (χ3n) is 1.83. The smallest absolute Gasteiger partial charge is 0.212 e. The molecule has 14 heavy (non-hydrogen) atoms. The first-order valence-corrected chi connectivity index (χ1v) is 6.08. The highest BCUT2D eigenvalue weighted by molar-refractivity contribution is 7.90. The first-order chi connectivity index (χ1) is 6.27. The molecule has 0 aliphatic heterocycles. The molecule has 0 aromatic carbocycles. The predicted octanol–water partition coefficient (Wildman–Crippen LogP) is 1.35. The van der Waals surface area contributed by atoms with Gasteiger partial charge < -0.3 is 0 Å². The van der Waals surface area contributed by atoms with E-state index in [-0.39, 0.29) is 6.54 Å². The molecule has 4 nitrogen and oxygen atoms in total. The van der Waals surface area contributed by atoms with Gasteiger partial charge in [-0.3, -0.25) is 0 Å². The molecule has 0 saturated heterocycles. The Balaban J connectivity index is 4.93. The van der Waals surface area contributed by atoms with Gasteiger partial charge in [0.15, 0.2) is 0 Å². The second kappa shape index (κ2) is 4.76. The van der Waals surface area contributed by atoms with Crippen LogP contribution in [0.4, 0.5) is 0 Å². The fourth-order valence-corrected chi connectivity index (χ4v) is 2.43. The van der Waals surface area contributed by atoms with Crippen LogP contribution in [0.3, 0.4) is 0 Å². The van der Waals surface area contributed by atoms with Crippen molar-refractivity contribution in [3.63, 3.8) is 0 Å². The van der Waals surface area contributed by atoms with Crippen LogP contribution in [0.5, 0.6) is 0 Å². The second-order valence-corrected chi connectivity index (χ2v) is 6.80. The van der Waals surface area contributed by atoms with Crippen molar-refractivity contribution in [2.45, 2.75) is 38.9 Å². The number of nitrogens with zero attached hydrogens (tertiary/aromatic N) is 2. The van der Waals surface area contributed by atoms with Crippen molar-refractivity contribution in [1.29, 1.82) is 5.26 Å². The Kier molecular flexibility index (Phi) is 4.56. The molecule has 0 radical (unpaired) electrons. The molecule has 5 heteroatoms. The molecule has 0 unspecified atom stereocenters. The average molecular weight is 218 g/mol. The highest BCUT2D eigenvalue weighted by Crippen LogP contribution is 2.19. The highest BCUT2D eigenvalue weighted by Gasteiger charge is 2.34. The largest absolute Gasteiger partial charge is 0.219 e. The Hall–Kier alpha value is -0.600. The third kappa shape index (κ3) is 2.96. The van der Waals surface area contributed by atoms with Crippen LogP contribution in [0.25, 0.3) is 0 Å². The molecular weight excluding hydrogens is 200 g/mol. The lowest BCUT2D eigenvalue weighted by molar-refractivity contribution is 0.423. The summed E-state index contributed by atoms with van der Waals surface area (Å²) in [5.74, 6) is 0. The van der Waals surface area contributed by atoms with Crippen LogP contribution in [0.1, 0.15) is 34.1 Å². The van der Waals surface area contributed by atoms with E-state index in [2.05, 4.69) is 0 Å². The topological polar surface area (TPSA) is 61.2 Å². The van der Waals surface area contributed by atoms with E-state index in [1.807, 2.05) is 13.0 Å². The van der Waals surface area contributed by atoms with Crippen molar-refractivity contribution in [3.8, 4) is 6.07 Å². The van der Waals surface area contributed by atoms with Gasteiger partial charge in [0, 0.05) is 6.54 Å². The first-order valence-electron chi connectivity index (χ1n) is 4.64. The van der Waals surface area contributed by atoms with Gasteiger partial charge in [-0.25, -0.2) is 8.42 Å². The molecule has 0 rings (SSSR count). The van der Waals surface area contributed by atoms with Gasteiger partial charge in [-0.05, 0) is 27.2 Å². The summed E-state index contributed by atoms with van der Waals surface area (Å²) in [5.41, 5.74) is 0. The minimum absolute atomic E-state index is 0.0621. The predicted molar refractivity (Wildman–Crippen MR) is 56.1 cm³/mol. The lowest BCUT2D eigenvalue weighted by Crippen LogP contribution is -2.43. The minimum atomic E-state index is -3.35. The van der Waals surface area contributed by atoms with Crippen molar-refractivity contribution in [1.82, 2.24) is 4.31 Å². The van der Waals surface area contributed by atoms with E-state index in [9.17, 15) is 8.42 Å². The van der Waals surface area contributed by atoms with Crippen molar-refractivity contribution in [2.24, 2.45) is 0 Å². The van der Waals surface area contributed by atoms with Gasteiger partial charge in [-0.2, -0.15) is 9.57 Å². The van der Waals surface area contributed by atoms with E-state index >= 15 is 0 Å². The Labute approximate surface area is 86.6 Å². The molecule has 0 aliphatic carbocycles. The zero-order chi connectivity index (χ0) is 11.4. The maximum Gasteiger partial charge on any atom is 0.219 e. The van der Waals surface area contributed by atoms with Crippen molar-refractivity contribution < 1.29 is 8.42 Å². The fraction of sp³-hybridized carbons (Fsp3) is 0.889. The summed E-state index contributed by atoms with van der Waals surface area (Å²) in [6.45, 7) is 7.16. The van der Waals surface area contributed by atoms with E-state index < -0.39 is 14.8 Å². The van der Waals surface area contributed by atoms with Crippen molar-refractivity contribution in [3.05, 3.63) is 0 Å². The van der Waals surface area contributed by atoms with Crippen LogP contribution in [0.15, 0.2) is 0 Å². The number of hydrogen-bond acceptors (Lipinski definition) is 3. The highest BCUT2D eigenvalue weighted by atomic mass is 32.2. The molecule has 0 spiro atoms. The first kappa shape index (κ1) is 13.4. The molecular formula is C9H18N2O2S. The average Bonchev–Trinajstić information content (AvgIpc) is 2.02. The molecule has 0 amide bonds.